The van der Waals surface area contributed by atoms with Crippen LogP contribution in [0.15, 0.2) is 23.2 Å². The van der Waals surface area contributed by atoms with Gasteiger partial charge in [0.05, 0.1) is 19.3 Å². The minimum absolute atomic E-state index is 0.631. The van der Waals surface area contributed by atoms with Crippen molar-refractivity contribution >= 4 is 5.96 Å². The zero-order valence-corrected chi connectivity index (χ0v) is 12.8. The molecule has 1 aromatic rings. The quantitative estimate of drug-likeness (QED) is 0.435. The van der Waals surface area contributed by atoms with E-state index in [0.29, 0.717) is 12.4 Å². The number of methoxy groups -OCH3 is 1. The van der Waals surface area contributed by atoms with Crippen LogP contribution in [0.2, 0.25) is 0 Å². The third-order valence-corrected chi connectivity index (χ3v) is 2.97. The molecule has 0 spiro atoms. The van der Waals surface area contributed by atoms with Gasteiger partial charge in [-0.3, -0.25) is 4.99 Å². The van der Waals surface area contributed by atoms with Gasteiger partial charge in [0.25, 0.3) is 0 Å². The molecule has 0 atom stereocenters. The lowest BCUT2D eigenvalue weighted by molar-refractivity contribution is 0.396. The Morgan fingerprint density at radius 1 is 1.25 bits per heavy atom. The van der Waals surface area contributed by atoms with Gasteiger partial charge in [-0.15, -0.1) is 0 Å². The monoisotopic (exact) mass is 278 g/mol. The minimum atomic E-state index is 0.631. The number of guanidine groups is 1. The first-order valence-corrected chi connectivity index (χ1v) is 7.24. The Kier molecular flexibility index (Phi) is 8.19. The molecule has 5 nitrogen and oxygen atoms in total. The largest absolute Gasteiger partial charge is 0.481 e. The number of ether oxygens (including phenoxy) is 1. The molecular weight excluding hydrogens is 252 g/mol. The molecule has 112 valence electrons. The van der Waals surface area contributed by atoms with Gasteiger partial charge >= 0.3 is 0 Å². The molecule has 0 radical (unpaired) electrons. The second-order valence-corrected chi connectivity index (χ2v) is 4.58. The average molecular weight is 278 g/mol. The molecule has 2 N–H and O–H groups in total. The van der Waals surface area contributed by atoms with E-state index in [2.05, 4.69) is 27.5 Å². The van der Waals surface area contributed by atoms with Gasteiger partial charge in [-0.05, 0) is 12.5 Å². The molecule has 0 aliphatic heterocycles. The zero-order chi connectivity index (χ0) is 14.6. The summed E-state index contributed by atoms with van der Waals surface area (Å²) in [6.07, 6.45) is 4.99. The van der Waals surface area contributed by atoms with Crippen molar-refractivity contribution in [3.8, 4) is 5.88 Å². The molecular formula is C15H26N4O. The molecule has 0 saturated carbocycles. The molecule has 0 aliphatic rings. The van der Waals surface area contributed by atoms with Gasteiger partial charge in [0.15, 0.2) is 5.96 Å². The van der Waals surface area contributed by atoms with Crippen LogP contribution in [0.3, 0.4) is 0 Å². The molecule has 20 heavy (non-hydrogen) atoms. The van der Waals surface area contributed by atoms with Crippen molar-refractivity contribution < 1.29 is 4.74 Å². The Balaban J connectivity index is 2.30. The van der Waals surface area contributed by atoms with Crippen LogP contribution in [-0.4, -0.2) is 31.6 Å². The summed E-state index contributed by atoms with van der Waals surface area (Å²) in [5, 5.41) is 6.56. The number of pyridine rings is 1. The lowest BCUT2D eigenvalue weighted by Gasteiger charge is -2.11. The van der Waals surface area contributed by atoms with Gasteiger partial charge in [0.2, 0.25) is 5.88 Å². The second kappa shape index (κ2) is 10.1. The molecule has 1 heterocycles. The van der Waals surface area contributed by atoms with E-state index in [9.17, 15) is 0 Å². The fourth-order valence-corrected chi connectivity index (χ4v) is 1.82. The van der Waals surface area contributed by atoms with E-state index in [0.717, 1.165) is 18.2 Å². The van der Waals surface area contributed by atoms with Crippen LogP contribution in [0.5, 0.6) is 5.88 Å². The van der Waals surface area contributed by atoms with Gasteiger partial charge in [0.1, 0.15) is 0 Å². The fraction of sp³-hybridized carbons (Fsp3) is 0.600. The number of unbranched alkanes of at least 4 members (excludes halogenated alkanes) is 3. The molecule has 5 heteroatoms. The molecule has 0 aromatic carbocycles. The SMILES string of the molecule is CCCCCCNC(=NC)NCc1cccc(OC)n1. The van der Waals surface area contributed by atoms with E-state index in [-0.39, 0.29) is 0 Å². The minimum Gasteiger partial charge on any atom is -0.481 e. The number of nitrogens with zero attached hydrogens (tertiary/aromatic N) is 2. The highest BCUT2D eigenvalue weighted by molar-refractivity contribution is 5.79. The maximum Gasteiger partial charge on any atom is 0.213 e. The van der Waals surface area contributed by atoms with E-state index >= 15 is 0 Å². The van der Waals surface area contributed by atoms with Crippen molar-refractivity contribution in [2.24, 2.45) is 4.99 Å². The Morgan fingerprint density at radius 2 is 2.10 bits per heavy atom. The summed E-state index contributed by atoms with van der Waals surface area (Å²) < 4.78 is 5.11. The Hall–Kier alpha value is -1.78. The third kappa shape index (κ3) is 6.41. The van der Waals surface area contributed by atoms with Crippen LogP contribution in [0.1, 0.15) is 38.3 Å². The zero-order valence-electron chi connectivity index (χ0n) is 12.8. The summed E-state index contributed by atoms with van der Waals surface area (Å²) >= 11 is 0. The smallest absolute Gasteiger partial charge is 0.213 e. The maximum atomic E-state index is 5.11. The van der Waals surface area contributed by atoms with Gasteiger partial charge in [-0.1, -0.05) is 32.3 Å². The van der Waals surface area contributed by atoms with Crippen LogP contribution >= 0.6 is 0 Å². The molecule has 0 unspecified atom stereocenters. The molecule has 0 saturated heterocycles. The fourth-order valence-electron chi connectivity index (χ4n) is 1.82. The summed E-state index contributed by atoms with van der Waals surface area (Å²) in [5.74, 6) is 1.44. The summed E-state index contributed by atoms with van der Waals surface area (Å²) in [6, 6.07) is 5.73. The van der Waals surface area contributed by atoms with Gasteiger partial charge < -0.3 is 15.4 Å². The highest BCUT2D eigenvalue weighted by atomic mass is 16.5. The van der Waals surface area contributed by atoms with E-state index in [1.54, 1.807) is 14.2 Å². The number of hydrogen-bond donors (Lipinski definition) is 2. The molecule has 0 aliphatic carbocycles. The van der Waals surface area contributed by atoms with E-state index in [1.165, 1.54) is 25.7 Å². The van der Waals surface area contributed by atoms with Crippen molar-refractivity contribution in [3.05, 3.63) is 23.9 Å². The van der Waals surface area contributed by atoms with Crippen molar-refractivity contribution in [1.29, 1.82) is 0 Å². The Bertz CT molecular complexity index is 407. The summed E-state index contributed by atoms with van der Waals surface area (Å²) in [7, 11) is 3.40. The molecule has 1 aromatic heterocycles. The number of nitrogens with one attached hydrogen (secondary N) is 2. The Labute approximate surface area is 121 Å². The predicted molar refractivity (Wildman–Crippen MR) is 83.1 cm³/mol. The number of aliphatic imine (C=N–C) groups is 1. The lowest BCUT2D eigenvalue weighted by Crippen LogP contribution is -2.37. The number of rotatable bonds is 8. The van der Waals surface area contributed by atoms with Crippen molar-refractivity contribution in [2.75, 3.05) is 20.7 Å². The van der Waals surface area contributed by atoms with Crippen LogP contribution in [0.4, 0.5) is 0 Å². The summed E-state index contributed by atoms with van der Waals surface area (Å²) in [5.41, 5.74) is 0.929. The molecule has 0 amide bonds. The topological polar surface area (TPSA) is 58.5 Å². The highest BCUT2D eigenvalue weighted by Gasteiger charge is 2.00. The third-order valence-electron chi connectivity index (χ3n) is 2.97. The second-order valence-electron chi connectivity index (χ2n) is 4.58. The maximum absolute atomic E-state index is 5.11. The molecule has 0 bridgehead atoms. The standard InChI is InChI=1S/C15H26N4O/c1-4-5-6-7-11-17-15(16-2)18-12-13-9-8-10-14(19-13)20-3/h8-10H,4-7,11-12H2,1-3H3,(H2,16,17,18). The highest BCUT2D eigenvalue weighted by Crippen LogP contribution is 2.06. The van der Waals surface area contributed by atoms with Crippen LogP contribution < -0.4 is 15.4 Å². The number of aromatic nitrogens is 1. The predicted octanol–water partition coefficient (Wildman–Crippen LogP) is 2.34. The summed E-state index contributed by atoms with van der Waals surface area (Å²) in [6.45, 7) is 3.80. The van der Waals surface area contributed by atoms with Crippen molar-refractivity contribution in [2.45, 2.75) is 39.2 Å². The van der Waals surface area contributed by atoms with E-state index in [1.807, 2.05) is 18.2 Å². The van der Waals surface area contributed by atoms with Crippen LogP contribution in [-0.2, 0) is 6.54 Å². The Morgan fingerprint density at radius 3 is 2.80 bits per heavy atom. The normalized spacial score (nSPS) is 11.2. The van der Waals surface area contributed by atoms with Crippen LogP contribution in [0, 0.1) is 0 Å². The van der Waals surface area contributed by atoms with Crippen molar-refractivity contribution in [1.82, 2.24) is 15.6 Å². The first-order valence-electron chi connectivity index (χ1n) is 7.24. The first-order chi connectivity index (χ1) is 9.80. The van der Waals surface area contributed by atoms with E-state index in [4.69, 9.17) is 4.74 Å². The molecule has 1 rings (SSSR count). The first kappa shape index (κ1) is 16.3. The van der Waals surface area contributed by atoms with Gasteiger partial charge in [-0.2, -0.15) is 0 Å². The summed E-state index contributed by atoms with van der Waals surface area (Å²) in [4.78, 5) is 8.55. The average Bonchev–Trinajstić information content (AvgIpc) is 2.50. The number of hydrogen-bond acceptors (Lipinski definition) is 3. The van der Waals surface area contributed by atoms with Gasteiger partial charge in [-0.25, -0.2) is 4.98 Å². The lowest BCUT2D eigenvalue weighted by atomic mass is 10.2. The van der Waals surface area contributed by atoms with Gasteiger partial charge in [0, 0.05) is 19.7 Å². The van der Waals surface area contributed by atoms with Crippen molar-refractivity contribution in [3.63, 3.8) is 0 Å². The molecule has 0 fully saturated rings. The van der Waals surface area contributed by atoms with E-state index < -0.39 is 0 Å². The van der Waals surface area contributed by atoms with Crippen LogP contribution in [0.25, 0.3) is 0 Å².